The molecule has 0 aliphatic carbocycles. The van der Waals surface area contributed by atoms with Crippen LogP contribution in [0.3, 0.4) is 0 Å². The highest BCUT2D eigenvalue weighted by Crippen LogP contribution is 2.22. The first-order chi connectivity index (χ1) is 8.21. The predicted octanol–water partition coefficient (Wildman–Crippen LogP) is 2.29. The highest BCUT2D eigenvalue weighted by molar-refractivity contribution is 5.39. The van der Waals surface area contributed by atoms with E-state index in [-0.39, 0.29) is 11.8 Å². The summed E-state index contributed by atoms with van der Waals surface area (Å²) in [6.07, 6.45) is 7.38. The molecule has 0 saturated heterocycles. The molecule has 1 rings (SSSR count). The van der Waals surface area contributed by atoms with E-state index in [0.29, 0.717) is 6.54 Å². The molecule has 1 aromatic rings. The van der Waals surface area contributed by atoms with Crippen molar-refractivity contribution in [3.63, 3.8) is 0 Å². The molecule has 0 spiro atoms. The number of rotatable bonds is 6. The SMILES string of the molecule is C#CC(CCC)NCc1cc(OC)ccc1O. The molecule has 0 bridgehead atoms. The van der Waals surface area contributed by atoms with Gasteiger partial charge in [0.15, 0.2) is 0 Å². The van der Waals surface area contributed by atoms with E-state index in [1.54, 1.807) is 19.2 Å². The highest BCUT2D eigenvalue weighted by atomic mass is 16.5. The van der Waals surface area contributed by atoms with Crippen molar-refractivity contribution >= 4 is 0 Å². The summed E-state index contributed by atoms with van der Waals surface area (Å²) >= 11 is 0. The fourth-order valence-electron chi connectivity index (χ4n) is 1.60. The smallest absolute Gasteiger partial charge is 0.120 e. The van der Waals surface area contributed by atoms with Crippen molar-refractivity contribution in [2.24, 2.45) is 0 Å². The zero-order valence-corrected chi connectivity index (χ0v) is 10.4. The van der Waals surface area contributed by atoms with E-state index in [0.717, 1.165) is 24.2 Å². The minimum Gasteiger partial charge on any atom is -0.508 e. The minimum atomic E-state index is 0.0469. The minimum absolute atomic E-state index is 0.0469. The van der Waals surface area contributed by atoms with Crippen molar-refractivity contribution in [3.8, 4) is 23.8 Å². The molecule has 1 unspecified atom stereocenters. The van der Waals surface area contributed by atoms with Gasteiger partial charge in [-0.2, -0.15) is 0 Å². The molecule has 0 aliphatic heterocycles. The third-order valence-electron chi connectivity index (χ3n) is 2.60. The molecule has 92 valence electrons. The molecule has 0 aromatic heterocycles. The van der Waals surface area contributed by atoms with Gasteiger partial charge in [0.05, 0.1) is 13.2 Å². The third kappa shape index (κ3) is 4.01. The van der Waals surface area contributed by atoms with E-state index in [1.165, 1.54) is 0 Å². The van der Waals surface area contributed by atoms with E-state index in [9.17, 15) is 5.11 Å². The van der Waals surface area contributed by atoms with Crippen molar-refractivity contribution in [3.05, 3.63) is 23.8 Å². The summed E-state index contributed by atoms with van der Waals surface area (Å²) in [4.78, 5) is 0. The summed E-state index contributed by atoms with van der Waals surface area (Å²) in [5, 5.41) is 12.9. The lowest BCUT2D eigenvalue weighted by atomic mass is 10.1. The Hall–Kier alpha value is -1.66. The maximum atomic E-state index is 9.70. The molecule has 1 atom stereocenters. The molecular weight excluding hydrogens is 214 g/mol. The van der Waals surface area contributed by atoms with Crippen LogP contribution >= 0.6 is 0 Å². The molecule has 17 heavy (non-hydrogen) atoms. The molecule has 1 aromatic carbocycles. The molecule has 0 heterocycles. The first-order valence-electron chi connectivity index (χ1n) is 5.76. The number of aromatic hydroxyl groups is 1. The standard InChI is InChI=1S/C14H19NO2/c1-4-6-12(5-2)15-10-11-9-13(17-3)7-8-14(11)16/h2,7-9,12,15-16H,4,6,10H2,1,3H3. The second-order valence-electron chi connectivity index (χ2n) is 3.88. The Bertz CT molecular complexity index is 396. The fraction of sp³-hybridized carbons (Fsp3) is 0.429. The monoisotopic (exact) mass is 233 g/mol. The maximum Gasteiger partial charge on any atom is 0.120 e. The summed E-state index contributed by atoms with van der Waals surface area (Å²) in [5.74, 6) is 3.68. The van der Waals surface area contributed by atoms with E-state index in [2.05, 4.69) is 18.2 Å². The first kappa shape index (κ1) is 13.4. The van der Waals surface area contributed by atoms with Crippen LogP contribution in [-0.4, -0.2) is 18.3 Å². The molecule has 3 nitrogen and oxygen atoms in total. The van der Waals surface area contributed by atoms with E-state index >= 15 is 0 Å². The van der Waals surface area contributed by atoms with Crippen molar-refractivity contribution in [1.29, 1.82) is 0 Å². The second-order valence-corrected chi connectivity index (χ2v) is 3.88. The van der Waals surface area contributed by atoms with E-state index < -0.39 is 0 Å². The number of benzene rings is 1. The summed E-state index contributed by atoms with van der Waals surface area (Å²) in [7, 11) is 1.60. The lowest BCUT2D eigenvalue weighted by Crippen LogP contribution is -2.26. The van der Waals surface area contributed by atoms with Gasteiger partial charge in [0.25, 0.3) is 0 Å². The van der Waals surface area contributed by atoms with Crippen LogP contribution in [-0.2, 0) is 6.54 Å². The fourth-order valence-corrected chi connectivity index (χ4v) is 1.60. The Morgan fingerprint density at radius 1 is 1.53 bits per heavy atom. The molecule has 0 amide bonds. The average molecular weight is 233 g/mol. The van der Waals surface area contributed by atoms with Crippen LogP contribution in [0.2, 0.25) is 0 Å². The molecule has 0 fully saturated rings. The lowest BCUT2D eigenvalue weighted by molar-refractivity contribution is 0.409. The quantitative estimate of drug-likeness (QED) is 0.741. The number of hydrogen-bond acceptors (Lipinski definition) is 3. The van der Waals surface area contributed by atoms with Gasteiger partial charge >= 0.3 is 0 Å². The van der Waals surface area contributed by atoms with Crippen LogP contribution in [0.25, 0.3) is 0 Å². The number of phenolic OH excluding ortho intramolecular Hbond substituents is 1. The van der Waals surface area contributed by atoms with Crippen LogP contribution in [0, 0.1) is 12.3 Å². The zero-order valence-electron chi connectivity index (χ0n) is 10.4. The van der Waals surface area contributed by atoms with E-state index in [4.69, 9.17) is 11.2 Å². The average Bonchev–Trinajstić information content (AvgIpc) is 2.36. The van der Waals surface area contributed by atoms with Crippen LogP contribution in [0.15, 0.2) is 18.2 Å². The van der Waals surface area contributed by atoms with Crippen molar-refractivity contribution < 1.29 is 9.84 Å². The summed E-state index contributed by atoms with van der Waals surface area (Å²) in [6, 6.07) is 5.21. The zero-order chi connectivity index (χ0) is 12.7. The van der Waals surface area contributed by atoms with Gasteiger partial charge in [0.2, 0.25) is 0 Å². The molecule has 0 saturated carbocycles. The normalized spacial score (nSPS) is 11.8. The third-order valence-corrected chi connectivity index (χ3v) is 2.60. The molecule has 0 radical (unpaired) electrons. The number of hydrogen-bond donors (Lipinski definition) is 2. The molecule has 0 aliphatic rings. The second kappa shape index (κ2) is 6.82. The number of terminal acetylenes is 1. The van der Waals surface area contributed by atoms with Crippen molar-refractivity contribution in [2.75, 3.05) is 7.11 Å². The number of ether oxygens (including phenoxy) is 1. The van der Waals surface area contributed by atoms with Gasteiger partial charge in [-0.25, -0.2) is 0 Å². The maximum absolute atomic E-state index is 9.70. The van der Waals surface area contributed by atoms with Crippen LogP contribution in [0.1, 0.15) is 25.3 Å². The van der Waals surface area contributed by atoms with Gasteiger partial charge in [-0.15, -0.1) is 6.42 Å². The number of methoxy groups -OCH3 is 1. The van der Waals surface area contributed by atoms with Gasteiger partial charge in [0, 0.05) is 12.1 Å². The Morgan fingerprint density at radius 2 is 2.29 bits per heavy atom. The number of phenols is 1. The van der Waals surface area contributed by atoms with Crippen molar-refractivity contribution in [1.82, 2.24) is 5.32 Å². The predicted molar refractivity (Wildman–Crippen MR) is 69.0 cm³/mol. The van der Waals surface area contributed by atoms with Gasteiger partial charge in [-0.3, -0.25) is 5.32 Å². The Balaban J connectivity index is 2.65. The van der Waals surface area contributed by atoms with Crippen LogP contribution < -0.4 is 10.1 Å². The first-order valence-corrected chi connectivity index (χ1v) is 5.76. The lowest BCUT2D eigenvalue weighted by Gasteiger charge is -2.13. The molecule has 2 N–H and O–H groups in total. The Kier molecular flexibility index (Phi) is 5.38. The van der Waals surface area contributed by atoms with Gasteiger partial charge in [-0.1, -0.05) is 19.3 Å². The summed E-state index contributed by atoms with van der Waals surface area (Å²) in [5.41, 5.74) is 0.792. The molecular formula is C14H19NO2. The van der Waals surface area contributed by atoms with Crippen LogP contribution in [0.5, 0.6) is 11.5 Å². The van der Waals surface area contributed by atoms with Crippen molar-refractivity contribution in [2.45, 2.75) is 32.4 Å². The van der Waals surface area contributed by atoms with Gasteiger partial charge in [-0.05, 0) is 24.6 Å². The van der Waals surface area contributed by atoms with E-state index in [1.807, 2.05) is 6.07 Å². The topological polar surface area (TPSA) is 41.5 Å². The van der Waals surface area contributed by atoms with Gasteiger partial charge in [0.1, 0.15) is 11.5 Å². The Labute approximate surface area is 103 Å². The van der Waals surface area contributed by atoms with Crippen LogP contribution in [0.4, 0.5) is 0 Å². The largest absolute Gasteiger partial charge is 0.508 e. The highest BCUT2D eigenvalue weighted by Gasteiger charge is 2.06. The molecule has 3 heteroatoms. The summed E-state index contributed by atoms with van der Waals surface area (Å²) < 4.78 is 5.11. The summed E-state index contributed by atoms with van der Waals surface area (Å²) in [6.45, 7) is 2.63. The van der Waals surface area contributed by atoms with Gasteiger partial charge < -0.3 is 9.84 Å². The Morgan fingerprint density at radius 3 is 2.88 bits per heavy atom. The number of nitrogens with one attached hydrogen (secondary N) is 1.